The molecule has 13 heterocycles. The molecule has 0 aromatic carbocycles. The number of carbonyl (C=O) groups is 6. The van der Waals surface area contributed by atoms with Gasteiger partial charge in [0.05, 0.1) is 27.9 Å². The van der Waals surface area contributed by atoms with Crippen molar-refractivity contribution >= 4 is 87.7 Å². The normalized spacial score (nSPS) is 15.6. The van der Waals surface area contributed by atoms with E-state index in [1.54, 1.807) is 89.8 Å². The van der Waals surface area contributed by atoms with Gasteiger partial charge < -0.3 is 57.9 Å². The van der Waals surface area contributed by atoms with Gasteiger partial charge in [0, 0.05) is 149 Å². The van der Waals surface area contributed by atoms with Crippen LogP contribution in [0.4, 0.5) is 37.7 Å². The molecular weight excluding hydrogens is 1380 g/mol. The number of amides is 7. The Kier molecular flexibility index (Phi) is 24.4. The number of nitrogens with one attached hydrogen (secondary N) is 1. The third kappa shape index (κ3) is 19.2. The van der Waals surface area contributed by atoms with E-state index in [1.807, 2.05) is 87.4 Å². The minimum atomic E-state index is -1.09. The van der Waals surface area contributed by atoms with E-state index in [2.05, 4.69) is 67.2 Å². The van der Waals surface area contributed by atoms with Gasteiger partial charge in [-0.05, 0) is 201 Å². The van der Waals surface area contributed by atoms with Crippen molar-refractivity contribution in [1.29, 1.82) is 0 Å². The summed E-state index contributed by atoms with van der Waals surface area (Å²) in [6.07, 6.45) is 24.6. The topological polar surface area (TPSA) is 415 Å². The fourth-order valence-electron chi connectivity index (χ4n) is 11.7. The minimum absolute atomic E-state index is 0.352. The summed E-state index contributed by atoms with van der Waals surface area (Å²) in [7, 11) is -0.449. The molecule has 0 bridgehead atoms. The molecule has 8 aromatic rings. The standard InChI is InChI=1S/C19H29BN2O4.C19H22N4O3.C15H17N5O2.C14H14N4O.C6H5BrN2O/c1-17(2,3)24-16(23)22-10-8-9-13-11-14(12-21-15(13)22)20-25-18(4,5)19(6,7)26-20;1-19(2,3)26-18(25)23-8-4-5-12-9-13(10-22-17(12)23)15-11-21-7-6-14(15)16(20)24;16-13(21)11-3-4-18-8-12(11)10-6-9-2-1-5-20(15(17)22)14(9)19-7-10;15-13(19)11-3-5-16-8-12(11)10-6-9-2-1-4-17-14(9)18-7-10;7-5-3-9-2-1-4(5)6(8)10/h11-12H,8-10H2,1-7H3;6-7,9-11H,4-5,8H2,1-3H3,(H2,20,24);3-4,6-8,13,21H,1-2,5,16H2,(H2,17,22);3,5-8H,1-2,4H2,(H2,15,19)(H,17,18);1-3H,(H2,8,10). The van der Waals surface area contributed by atoms with E-state index in [0.717, 1.165) is 114 Å². The number of aliphatic hydroxyl groups is 1. The smallest absolute Gasteiger partial charge is 0.443 e. The maximum atomic E-state index is 12.5. The zero-order valence-corrected chi connectivity index (χ0v) is 61.0. The van der Waals surface area contributed by atoms with Crippen LogP contribution in [0.25, 0.3) is 33.4 Å². The van der Waals surface area contributed by atoms with Crippen LogP contribution in [0.3, 0.4) is 0 Å². The van der Waals surface area contributed by atoms with Crippen LogP contribution in [0.15, 0.2) is 127 Å². The van der Waals surface area contributed by atoms with E-state index in [-0.39, 0.29) is 6.09 Å². The second-order valence-electron chi connectivity index (χ2n) is 27.8. The van der Waals surface area contributed by atoms with Gasteiger partial charge in [0.2, 0.25) is 17.7 Å². The number of hydrogen-bond donors (Lipinski definition) is 7. The highest BCUT2D eigenvalue weighted by Gasteiger charge is 2.52. The summed E-state index contributed by atoms with van der Waals surface area (Å²) in [5, 5.41) is 12.9. The zero-order chi connectivity index (χ0) is 74.7. The molecule has 1 fully saturated rings. The Balaban J connectivity index is 0.000000153. The quantitative estimate of drug-likeness (QED) is 0.0549. The highest BCUT2D eigenvalue weighted by molar-refractivity contribution is 9.10. The van der Waals surface area contributed by atoms with E-state index in [1.165, 1.54) is 29.1 Å². The average Bonchev–Trinajstić information content (AvgIpc) is 1.65. The van der Waals surface area contributed by atoms with Crippen molar-refractivity contribution in [2.45, 2.75) is 149 Å². The molecule has 5 aliphatic heterocycles. The first-order chi connectivity index (χ1) is 48.7. The van der Waals surface area contributed by atoms with Crippen LogP contribution >= 0.6 is 15.9 Å². The number of aliphatic hydroxyl groups excluding tert-OH is 1. The average molecular weight is 1470 g/mol. The number of pyridine rings is 8. The van der Waals surface area contributed by atoms with Gasteiger partial charge in [-0.25, -0.2) is 34.3 Å². The predicted octanol–water partition coefficient (Wildman–Crippen LogP) is 9.47. The van der Waals surface area contributed by atoms with E-state index in [4.69, 9.17) is 47.5 Å². The zero-order valence-electron chi connectivity index (χ0n) is 59.4. The van der Waals surface area contributed by atoms with Gasteiger partial charge in [0.1, 0.15) is 40.7 Å². The molecule has 0 aliphatic carbocycles. The van der Waals surface area contributed by atoms with Gasteiger partial charge in [-0.1, -0.05) is 6.07 Å². The van der Waals surface area contributed by atoms with Crippen molar-refractivity contribution in [3.63, 3.8) is 0 Å². The number of aromatic nitrogens is 8. The molecule has 540 valence electrons. The molecule has 1 atom stereocenters. The van der Waals surface area contributed by atoms with Crippen LogP contribution < -0.4 is 54.1 Å². The Hall–Kier alpha value is -10.4. The largest absolute Gasteiger partial charge is 0.496 e. The second kappa shape index (κ2) is 32.7. The third-order valence-corrected chi connectivity index (χ3v) is 18.0. The number of anilines is 4. The van der Waals surface area contributed by atoms with E-state index >= 15 is 0 Å². The number of nitrogens with two attached hydrogens (primary N) is 5. The van der Waals surface area contributed by atoms with Gasteiger partial charge in [-0.15, -0.1) is 0 Å². The second-order valence-corrected chi connectivity index (χ2v) is 28.6. The molecule has 12 N–H and O–H groups in total. The summed E-state index contributed by atoms with van der Waals surface area (Å²) in [6.45, 7) is 21.9. The van der Waals surface area contributed by atoms with E-state index in [0.29, 0.717) is 69.4 Å². The fourth-order valence-corrected chi connectivity index (χ4v) is 12.1. The van der Waals surface area contributed by atoms with E-state index < -0.39 is 65.6 Å². The van der Waals surface area contributed by atoms with Gasteiger partial charge in [0.25, 0.3) is 0 Å². The van der Waals surface area contributed by atoms with Crippen molar-refractivity contribution in [3.05, 3.63) is 172 Å². The summed E-state index contributed by atoms with van der Waals surface area (Å²) < 4.78 is 23.8. The Morgan fingerprint density at radius 2 is 0.932 bits per heavy atom. The SMILES string of the molecule is CC(C)(C)OC(=O)N1CCCc2cc(-c3cnccc3C(N)=O)cnc21.CC(C)(C)OC(=O)N1CCCc2cc(B3OC(C)(C)C(C)(C)O3)cnc21.NC(=O)N1CCCc2cc(-c3cnccc3C(N)O)cnc21.NC(=O)c1ccncc1-c1cnc2c(c1)CCCN2.NC(=O)c1ccncc1Br. The summed E-state index contributed by atoms with van der Waals surface area (Å²) in [4.78, 5) is 109. The molecular formula is C73H87BBrN17O11. The number of fused-ring (bicyclic) bond motifs is 4. The fraction of sp³-hybridized carbons (Fsp3) is 0.370. The predicted molar refractivity (Wildman–Crippen MR) is 395 cm³/mol. The maximum absolute atomic E-state index is 12.5. The lowest BCUT2D eigenvalue weighted by Crippen LogP contribution is -2.42. The van der Waals surface area contributed by atoms with Crippen LogP contribution in [-0.2, 0) is 44.5 Å². The number of hydrogen-bond acceptors (Lipinski definition) is 21. The van der Waals surface area contributed by atoms with Crippen molar-refractivity contribution in [2.75, 3.05) is 46.2 Å². The van der Waals surface area contributed by atoms with Crippen LogP contribution in [0.1, 0.15) is 160 Å². The number of nitrogens with zero attached hydrogens (tertiary/aromatic N) is 11. The van der Waals surface area contributed by atoms with Gasteiger partial charge in [-0.2, -0.15) is 0 Å². The van der Waals surface area contributed by atoms with Gasteiger partial charge >= 0.3 is 25.3 Å². The number of primary amides is 4. The number of ether oxygens (including phenoxy) is 2. The highest BCUT2D eigenvalue weighted by Crippen LogP contribution is 2.38. The Morgan fingerprint density at radius 3 is 1.39 bits per heavy atom. The lowest BCUT2D eigenvalue weighted by Gasteiger charge is -2.32. The first-order valence-electron chi connectivity index (χ1n) is 33.6. The summed E-state index contributed by atoms with van der Waals surface area (Å²) in [6, 6.07) is 13.9. The lowest BCUT2D eigenvalue weighted by atomic mass is 9.79. The van der Waals surface area contributed by atoms with Crippen molar-refractivity contribution < 1.29 is 52.7 Å². The molecule has 1 saturated heterocycles. The number of aryl methyl sites for hydroxylation is 4. The van der Waals surface area contributed by atoms with Crippen LogP contribution in [-0.4, -0.2) is 137 Å². The first kappa shape index (κ1) is 76.8. The van der Waals surface area contributed by atoms with Gasteiger partial charge in [0.15, 0.2) is 0 Å². The summed E-state index contributed by atoms with van der Waals surface area (Å²) in [5.41, 5.74) is 36.3. The van der Waals surface area contributed by atoms with Crippen molar-refractivity contribution in [3.8, 4) is 33.4 Å². The number of rotatable bonds is 8. The first-order valence-corrected chi connectivity index (χ1v) is 34.4. The number of halogens is 1. The summed E-state index contributed by atoms with van der Waals surface area (Å²) >= 11 is 3.13. The third-order valence-electron chi connectivity index (χ3n) is 17.3. The summed E-state index contributed by atoms with van der Waals surface area (Å²) in [5.74, 6) is 1.38. The van der Waals surface area contributed by atoms with E-state index in [9.17, 15) is 33.9 Å². The Bertz CT molecular complexity index is 4440. The molecule has 28 nitrogen and oxygen atoms in total. The maximum Gasteiger partial charge on any atom is 0.496 e. The van der Waals surface area contributed by atoms with Crippen LogP contribution in [0.2, 0.25) is 0 Å². The molecule has 1 unspecified atom stereocenters. The molecule has 0 radical (unpaired) electrons. The van der Waals surface area contributed by atoms with Crippen molar-refractivity contribution in [2.24, 2.45) is 28.7 Å². The molecule has 13 rings (SSSR count). The molecule has 30 heteroatoms. The molecule has 0 spiro atoms. The number of urea groups is 1. The molecule has 8 aromatic heterocycles. The van der Waals surface area contributed by atoms with Gasteiger partial charge in [-0.3, -0.25) is 49.0 Å². The van der Waals surface area contributed by atoms with Crippen LogP contribution in [0, 0.1) is 0 Å². The minimum Gasteiger partial charge on any atom is -0.443 e. The number of carbonyl (C=O) groups excluding carboxylic acids is 6. The Labute approximate surface area is 606 Å². The molecule has 0 saturated carbocycles. The van der Waals surface area contributed by atoms with Crippen molar-refractivity contribution in [1.82, 2.24) is 39.9 Å². The Morgan fingerprint density at radius 1 is 0.534 bits per heavy atom. The van der Waals surface area contributed by atoms with Crippen LogP contribution in [0.5, 0.6) is 0 Å². The molecule has 7 amide bonds. The lowest BCUT2D eigenvalue weighted by molar-refractivity contribution is 0.00578. The molecule has 103 heavy (non-hydrogen) atoms. The molecule has 5 aliphatic rings. The monoisotopic (exact) mass is 1470 g/mol. The highest BCUT2D eigenvalue weighted by atomic mass is 79.9.